The third-order valence-electron chi connectivity index (χ3n) is 3.35. The molecule has 0 aliphatic carbocycles. The summed E-state index contributed by atoms with van der Waals surface area (Å²) in [4.78, 5) is 24.1. The van der Waals surface area contributed by atoms with E-state index in [2.05, 4.69) is 0 Å². The largest absolute Gasteiger partial charge is 0.481 e. The Bertz CT molecular complexity index is 606. The SMILES string of the molecule is CC(C)(C)OC(=O)C(c1ccc(Cl)cc1)C(CCC(F)(F)F)C(=O)O. The molecule has 1 rings (SSSR count). The summed E-state index contributed by atoms with van der Waals surface area (Å²) < 4.78 is 42.9. The van der Waals surface area contributed by atoms with E-state index in [9.17, 15) is 27.9 Å². The van der Waals surface area contributed by atoms with E-state index in [1.807, 2.05) is 0 Å². The second-order valence-electron chi connectivity index (χ2n) is 6.66. The molecule has 2 unspecified atom stereocenters. The highest BCUT2D eigenvalue weighted by Crippen LogP contribution is 2.35. The summed E-state index contributed by atoms with van der Waals surface area (Å²) in [6, 6.07) is 5.72. The summed E-state index contributed by atoms with van der Waals surface area (Å²) in [7, 11) is 0. The highest BCUT2D eigenvalue weighted by molar-refractivity contribution is 6.30. The van der Waals surface area contributed by atoms with Crippen LogP contribution in [0.15, 0.2) is 24.3 Å². The number of carboxylic acid groups (broad SMARTS) is 1. The number of alkyl halides is 3. The number of rotatable bonds is 6. The first-order chi connectivity index (χ1) is 11.3. The van der Waals surface area contributed by atoms with E-state index in [1.54, 1.807) is 20.8 Å². The van der Waals surface area contributed by atoms with Crippen LogP contribution in [0.5, 0.6) is 0 Å². The maximum absolute atomic E-state index is 12.5. The van der Waals surface area contributed by atoms with Crippen molar-refractivity contribution < 1.29 is 32.6 Å². The number of benzene rings is 1. The van der Waals surface area contributed by atoms with Crippen LogP contribution < -0.4 is 0 Å². The second kappa shape index (κ2) is 8.08. The fourth-order valence-corrected chi connectivity index (χ4v) is 2.45. The zero-order valence-corrected chi connectivity index (χ0v) is 14.8. The molecule has 1 N–H and O–H groups in total. The third kappa shape index (κ3) is 7.34. The van der Waals surface area contributed by atoms with Gasteiger partial charge in [-0.25, -0.2) is 0 Å². The molecule has 0 saturated carbocycles. The zero-order chi connectivity index (χ0) is 19.4. The first-order valence-electron chi connectivity index (χ1n) is 7.58. The number of hydrogen-bond acceptors (Lipinski definition) is 3. The maximum atomic E-state index is 12.5. The second-order valence-corrected chi connectivity index (χ2v) is 7.10. The van der Waals surface area contributed by atoms with Crippen LogP contribution in [0.25, 0.3) is 0 Å². The molecule has 0 spiro atoms. The average molecular weight is 381 g/mol. The number of carboxylic acids is 1. The smallest absolute Gasteiger partial charge is 0.389 e. The highest BCUT2D eigenvalue weighted by Gasteiger charge is 2.40. The van der Waals surface area contributed by atoms with Crippen LogP contribution in [-0.2, 0) is 14.3 Å². The van der Waals surface area contributed by atoms with Crippen molar-refractivity contribution in [3.63, 3.8) is 0 Å². The predicted molar refractivity (Wildman–Crippen MR) is 86.5 cm³/mol. The van der Waals surface area contributed by atoms with Crippen molar-refractivity contribution in [2.24, 2.45) is 5.92 Å². The Morgan fingerprint density at radius 2 is 1.68 bits per heavy atom. The number of ether oxygens (including phenoxy) is 1. The Hall–Kier alpha value is -1.76. The molecule has 0 saturated heterocycles. The van der Waals surface area contributed by atoms with Crippen molar-refractivity contribution in [2.45, 2.75) is 51.3 Å². The Morgan fingerprint density at radius 3 is 2.08 bits per heavy atom. The normalized spacial score (nSPS) is 14.7. The topological polar surface area (TPSA) is 63.6 Å². The molecule has 0 heterocycles. The van der Waals surface area contributed by atoms with Crippen molar-refractivity contribution in [2.75, 3.05) is 0 Å². The summed E-state index contributed by atoms with van der Waals surface area (Å²) in [5.41, 5.74) is -0.664. The minimum absolute atomic E-state index is 0.244. The standard InChI is InChI=1S/C17H20ClF3O4/c1-16(2,3)25-15(24)13(10-4-6-11(18)7-5-10)12(14(22)23)8-9-17(19,20)21/h4-7,12-13H,8-9H2,1-3H3,(H,22,23). The zero-order valence-electron chi connectivity index (χ0n) is 14.1. The number of carbonyl (C=O) groups is 2. The maximum Gasteiger partial charge on any atom is 0.389 e. The van der Waals surface area contributed by atoms with Crippen LogP contribution >= 0.6 is 11.6 Å². The van der Waals surface area contributed by atoms with Crippen LogP contribution in [0.4, 0.5) is 13.2 Å². The molecule has 0 fully saturated rings. The molecule has 0 aliphatic heterocycles. The van der Waals surface area contributed by atoms with Crippen molar-refractivity contribution in [3.05, 3.63) is 34.9 Å². The number of carbonyl (C=O) groups excluding carboxylic acids is 1. The van der Waals surface area contributed by atoms with Gasteiger partial charge in [0.15, 0.2) is 0 Å². The molecule has 25 heavy (non-hydrogen) atoms. The Morgan fingerprint density at radius 1 is 1.16 bits per heavy atom. The number of hydrogen-bond donors (Lipinski definition) is 1. The average Bonchev–Trinajstić information content (AvgIpc) is 2.41. The van der Waals surface area contributed by atoms with Gasteiger partial charge in [0, 0.05) is 11.4 Å². The van der Waals surface area contributed by atoms with Gasteiger partial charge in [0.05, 0.1) is 11.8 Å². The van der Waals surface area contributed by atoms with Crippen LogP contribution in [0.2, 0.25) is 5.02 Å². The van der Waals surface area contributed by atoms with E-state index in [4.69, 9.17) is 16.3 Å². The number of halogens is 4. The molecule has 1 aromatic rings. The lowest BCUT2D eigenvalue weighted by atomic mass is 9.83. The summed E-state index contributed by atoms with van der Waals surface area (Å²) in [6.45, 7) is 4.78. The van der Waals surface area contributed by atoms with Crippen molar-refractivity contribution in [1.82, 2.24) is 0 Å². The first-order valence-corrected chi connectivity index (χ1v) is 7.96. The van der Waals surface area contributed by atoms with E-state index in [0.717, 1.165) is 0 Å². The quantitative estimate of drug-likeness (QED) is 0.719. The van der Waals surface area contributed by atoms with Crippen LogP contribution in [0.1, 0.15) is 45.1 Å². The van der Waals surface area contributed by atoms with Gasteiger partial charge in [-0.15, -0.1) is 0 Å². The Kier molecular flexibility index (Phi) is 6.88. The molecule has 0 aliphatic rings. The lowest BCUT2D eigenvalue weighted by Gasteiger charge is -2.28. The summed E-state index contributed by atoms with van der Waals surface area (Å²) >= 11 is 5.78. The summed E-state index contributed by atoms with van der Waals surface area (Å²) in [6.07, 6.45) is -6.56. The van der Waals surface area contributed by atoms with E-state index in [0.29, 0.717) is 5.02 Å². The van der Waals surface area contributed by atoms with Gasteiger partial charge in [-0.2, -0.15) is 13.2 Å². The van der Waals surface area contributed by atoms with Gasteiger partial charge in [-0.3, -0.25) is 9.59 Å². The summed E-state index contributed by atoms with van der Waals surface area (Å²) in [5, 5.41) is 9.76. The molecular weight excluding hydrogens is 361 g/mol. The number of aliphatic carboxylic acids is 1. The third-order valence-corrected chi connectivity index (χ3v) is 3.60. The molecule has 0 radical (unpaired) electrons. The van der Waals surface area contributed by atoms with Crippen molar-refractivity contribution in [1.29, 1.82) is 0 Å². The Balaban J connectivity index is 3.23. The van der Waals surface area contributed by atoms with Gasteiger partial charge >= 0.3 is 18.1 Å². The minimum Gasteiger partial charge on any atom is -0.481 e. The molecule has 140 valence electrons. The molecule has 4 nitrogen and oxygen atoms in total. The minimum atomic E-state index is -4.52. The molecule has 0 amide bonds. The lowest BCUT2D eigenvalue weighted by molar-refractivity contribution is -0.165. The number of esters is 1. The molecule has 0 bridgehead atoms. The summed E-state index contributed by atoms with van der Waals surface area (Å²) in [5.74, 6) is -5.31. The Labute approximate surface area is 148 Å². The molecule has 2 atom stereocenters. The van der Waals surface area contributed by atoms with E-state index < -0.39 is 48.4 Å². The van der Waals surface area contributed by atoms with Gasteiger partial charge in [0.25, 0.3) is 0 Å². The molecule has 8 heteroatoms. The van der Waals surface area contributed by atoms with E-state index in [1.165, 1.54) is 24.3 Å². The first kappa shape index (κ1) is 21.3. The monoisotopic (exact) mass is 380 g/mol. The molecule has 1 aromatic carbocycles. The van der Waals surface area contributed by atoms with Gasteiger partial charge in [-0.05, 0) is 44.9 Å². The molecular formula is C17H20ClF3O4. The fourth-order valence-electron chi connectivity index (χ4n) is 2.32. The van der Waals surface area contributed by atoms with E-state index >= 15 is 0 Å². The van der Waals surface area contributed by atoms with Gasteiger partial charge < -0.3 is 9.84 Å². The molecule has 0 aromatic heterocycles. The van der Waals surface area contributed by atoms with Crippen molar-refractivity contribution in [3.8, 4) is 0 Å². The lowest BCUT2D eigenvalue weighted by Crippen LogP contribution is -2.34. The predicted octanol–water partition coefficient (Wildman–Crippen LogP) is 4.81. The van der Waals surface area contributed by atoms with Crippen LogP contribution in [0.3, 0.4) is 0 Å². The highest BCUT2D eigenvalue weighted by atomic mass is 35.5. The fraction of sp³-hybridized carbons (Fsp3) is 0.529. The van der Waals surface area contributed by atoms with Gasteiger partial charge in [0.1, 0.15) is 5.60 Å². The van der Waals surface area contributed by atoms with E-state index in [-0.39, 0.29) is 5.56 Å². The van der Waals surface area contributed by atoms with Crippen LogP contribution in [-0.4, -0.2) is 28.8 Å². The van der Waals surface area contributed by atoms with Crippen LogP contribution in [0, 0.1) is 5.92 Å². The van der Waals surface area contributed by atoms with Gasteiger partial charge in [0.2, 0.25) is 0 Å². The van der Waals surface area contributed by atoms with Gasteiger partial charge in [-0.1, -0.05) is 23.7 Å². The van der Waals surface area contributed by atoms with Crippen molar-refractivity contribution >= 4 is 23.5 Å².